The minimum Gasteiger partial charge on any atom is -0.355 e. The molecular weight excluding hydrogens is 371 g/mol. The molecule has 2 aromatic rings. The van der Waals surface area contributed by atoms with Gasteiger partial charge in [0.1, 0.15) is 0 Å². The predicted octanol–water partition coefficient (Wildman–Crippen LogP) is 3.27. The van der Waals surface area contributed by atoms with Gasteiger partial charge in [-0.15, -0.1) is 10.2 Å². The van der Waals surface area contributed by atoms with Gasteiger partial charge in [0, 0.05) is 31.1 Å². The topological polar surface area (TPSA) is 63.9 Å². The zero-order valence-corrected chi connectivity index (χ0v) is 16.2. The SMILES string of the molecule is CC(C)(C)c1cc(=O)n(CC2CCN(c3ccc(C(F)(F)F)nn3)CC2)cn1. The lowest BCUT2D eigenvalue weighted by atomic mass is 9.92. The molecule has 9 heteroatoms. The molecule has 1 fully saturated rings. The van der Waals surface area contributed by atoms with Crippen molar-refractivity contribution in [1.29, 1.82) is 0 Å². The number of halogens is 3. The van der Waals surface area contributed by atoms with E-state index in [1.165, 1.54) is 6.07 Å². The second-order valence-electron chi connectivity index (χ2n) is 8.22. The van der Waals surface area contributed by atoms with Crippen LogP contribution < -0.4 is 10.5 Å². The van der Waals surface area contributed by atoms with Crippen LogP contribution in [0.5, 0.6) is 0 Å². The Morgan fingerprint density at radius 2 is 1.75 bits per heavy atom. The lowest BCUT2D eigenvalue weighted by molar-refractivity contribution is -0.141. The lowest BCUT2D eigenvalue weighted by Gasteiger charge is -2.32. The van der Waals surface area contributed by atoms with Crippen molar-refractivity contribution >= 4 is 5.82 Å². The predicted molar refractivity (Wildman–Crippen MR) is 99.2 cm³/mol. The molecule has 3 heterocycles. The van der Waals surface area contributed by atoms with Crippen LogP contribution >= 0.6 is 0 Å². The third-order valence-corrected chi connectivity index (χ3v) is 4.98. The average Bonchev–Trinajstić information content (AvgIpc) is 2.62. The molecule has 0 radical (unpaired) electrons. The summed E-state index contributed by atoms with van der Waals surface area (Å²) < 4.78 is 39.4. The third kappa shape index (κ3) is 4.69. The van der Waals surface area contributed by atoms with Crippen LogP contribution in [0, 0.1) is 5.92 Å². The molecule has 0 saturated carbocycles. The fraction of sp³-hybridized carbons (Fsp3) is 0.579. The monoisotopic (exact) mass is 395 g/mol. The number of anilines is 1. The van der Waals surface area contributed by atoms with Crippen LogP contribution in [0.1, 0.15) is 45.0 Å². The van der Waals surface area contributed by atoms with Crippen LogP contribution in [0.3, 0.4) is 0 Å². The van der Waals surface area contributed by atoms with E-state index in [1.54, 1.807) is 17.0 Å². The number of piperidine rings is 1. The van der Waals surface area contributed by atoms with Gasteiger partial charge in [-0.1, -0.05) is 20.8 Å². The van der Waals surface area contributed by atoms with Gasteiger partial charge in [0.05, 0.1) is 12.0 Å². The van der Waals surface area contributed by atoms with E-state index in [4.69, 9.17) is 0 Å². The standard InChI is InChI=1S/C19H24F3N5O/c1-18(2,3)15-10-17(28)27(12-23-15)11-13-6-8-26(9-7-13)16-5-4-14(24-25-16)19(20,21)22/h4-5,10,12-13H,6-9,11H2,1-3H3. The van der Waals surface area contributed by atoms with Gasteiger partial charge in [-0.2, -0.15) is 13.2 Å². The second kappa shape index (κ2) is 7.52. The first-order valence-corrected chi connectivity index (χ1v) is 9.27. The van der Waals surface area contributed by atoms with Crippen LogP contribution in [0.15, 0.2) is 29.3 Å². The first kappa shape index (κ1) is 20.3. The summed E-state index contributed by atoms with van der Waals surface area (Å²) in [6.45, 7) is 7.94. The van der Waals surface area contributed by atoms with Crippen LogP contribution in [-0.2, 0) is 18.1 Å². The maximum Gasteiger partial charge on any atom is 0.435 e. The van der Waals surface area contributed by atoms with Crippen LogP contribution in [0.4, 0.5) is 19.0 Å². The summed E-state index contributed by atoms with van der Waals surface area (Å²) in [5.41, 5.74) is -0.455. The van der Waals surface area contributed by atoms with E-state index < -0.39 is 11.9 Å². The molecular formula is C19H24F3N5O. The van der Waals surface area contributed by atoms with Crippen molar-refractivity contribution in [2.24, 2.45) is 5.92 Å². The highest BCUT2D eigenvalue weighted by Crippen LogP contribution is 2.28. The first-order valence-electron chi connectivity index (χ1n) is 9.27. The van der Waals surface area contributed by atoms with Crippen LogP contribution in [-0.4, -0.2) is 32.8 Å². The molecule has 3 rings (SSSR count). The number of hydrogen-bond acceptors (Lipinski definition) is 5. The number of rotatable bonds is 3. The quantitative estimate of drug-likeness (QED) is 0.798. The van der Waals surface area contributed by atoms with E-state index in [1.807, 2.05) is 25.7 Å². The lowest BCUT2D eigenvalue weighted by Crippen LogP contribution is -2.37. The molecule has 1 aliphatic heterocycles. The van der Waals surface area contributed by atoms with Crippen molar-refractivity contribution < 1.29 is 13.2 Å². The van der Waals surface area contributed by atoms with E-state index in [0.29, 0.717) is 31.4 Å². The highest BCUT2D eigenvalue weighted by atomic mass is 19.4. The van der Waals surface area contributed by atoms with Gasteiger partial charge >= 0.3 is 6.18 Å². The highest BCUT2D eigenvalue weighted by Gasteiger charge is 2.33. The fourth-order valence-corrected chi connectivity index (χ4v) is 3.24. The molecule has 1 aliphatic rings. The van der Waals surface area contributed by atoms with Crippen molar-refractivity contribution in [3.05, 3.63) is 46.3 Å². The molecule has 0 spiro atoms. The molecule has 0 bridgehead atoms. The van der Waals surface area contributed by atoms with E-state index >= 15 is 0 Å². The van der Waals surface area contributed by atoms with E-state index in [9.17, 15) is 18.0 Å². The zero-order chi connectivity index (χ0) is 20.5. The van der Waals surface area contributed by atoms with Gasteiger partial charge in [-0.05, 0) is 30.9 Å². The van der Waals surface area contributed by atoms with Crippen molar-refractivity contribution in [3.63, 3.8) is 0 Å². The van der Waals surface area contributed by atoms with Crippen molar-refractivity contribution in [2.45, 2.75) is 51.7 Å². The van der Waals surface area contributed by atoms with E-state index in [2.05, 4.69) is 15.2 Å². The third-order valence-electron chi connectivity index (χ3n) is 4.98. The minimum absolute atomic E-state index is 0.0593. The summed E-state index contributed by atoms with van der Waals surface area (Å²) in [7, 11) is 0. The molecule has 0 unspecified atom stereocenters. The van der Waals surface area contributed by atoms with Gasteiger partial charge in [-0.3, -0.25) is 9.36 Å². The Morgan fingerprint density at radius 1 is 1.07 bits per heavy atom. The molecule has 28 heavy (non-hydrogen) atoms. The summed E-state index contributed by atoms with van der Waals surface area (Å²) in [5, 5.41) is 7.00. The number of alkyl halides is 3. The number of aromatic nitrogens is 4. The first-order chi connectivity index (χ1) is 13.0. The number of hydrogen-bond donors (Lipinski definition) is 0. The van der Waals surface area contributed by atoms with Gasteiger partial charge in [0.15, 0.2) is 11.5 Å². The Bertz CT molecular complexity index is 863. The Morgan fingerprint density at radius 3 is 2.25 bits per heavy atom. The molecule has 0 aliphatic carbocycles. The molecule has 1 saturated heterocycles. The molecule has 0 aromatic carbocycles. The number of nitrogens with zero attached hydrogens (tertiary/aromatic N) is 5. The molecule has 0 N–H and O–H groups in total. The van der Waals surface area contributed by atoms with Gasteiger partial charge in [0.25, 0.3) is 5.56 Å². The molecule has 0 amide bonds. The van der Waals surface area contributed by atoms with Gasteiger partial charge < -0.3 is 4.90 Å². The average molecular weight is 395 g/mol. The summed E-state index contributed by atoms with van der Waals surface area (Å²) in [6, 6.07) is 3.90. The Balaban J connectivity index is 1.59. The fourth-order valence-electron chi connectivity index (χ4n) is 3.24. The molecule has 6 nitrogen and oxygen atoms in total. The Hall–Kier alpha value is -2.45. The summed E-state index contributed by atoms with van der Waals surface area (Å²) >= 11 is 0. The zero-order valence-electron chi connectivity index (χ0n) is 16.2. The summed E-state index contributed by atoms with van der Waals surface area (Å²) in [4.78, 5) is 18.7. The highest BCUT2D eigenvalue weighted by molar-refractivity contribution is 5.38. The molecule has 2 aromatic heterocycles. The van der Waals surface area contributed by atoms with Crippen molar-refractivity contribution in [2.75, 3.05) is 18.0 Å². The smallest absolute Gasteiger partial charge is 0.355 e. The van der Waals surface area contributed by atoms with Crippen LogP contribution in [0.2, 0.25) is 0 Å². The normalized spacial score (nSPS) is 16.4. The van der Waals surface area contributed by atoms with Crippen molar-refractivity contribution in [1.82, 2.24) is 19.7 Å². The largest absolute Gasteiger partial charge is 0.435 e. The maximum atomic E-state index is 12.6. The summed E-state index contributed by atoms with van der Waals surface area (Å²) in [5.74, 6) is 0.749. The summed E-state index contributed by atoms with van der Waals surface area (Å²) in [6.07, 6.45) is -1.24. The second-order valence-corrected chi connectivity index (χ2v) is 8.22. The van der Waals surface area contributed by atoms with E-state index in [-0.39, 0.29) is 11.0 Å². The van der Waals surface area contributed by atoms with Gasteiger partial charge in [0.2, 0.25) is 0 Å². The molecule has 152 valence electrons. The Labute approximate surface area is 161 Å². The van der Waals surface area contributed by atoms with Crippen LogP contribution in [0.25, 0.3) is 0 Å². The maximum absolute atomic E-state index is 12.6. The molecule has 0 atom stereocenters. The van der Waals surface area contributed by atoms with Crippen molar-refractivity contribution in [3.8, 4) is 0 Å². The Kier molecular flexibility index (Phi) is 5.45. The minimum atomic E-state index is -4.48. The van der Waals surface area contributed by atoms with E-state index in [0.717, 1.165) is 24.6 Å². The van der Waals surface area contributed by atoms with Gasteiger partial charge in [-0.25, -0.2) is 4.98 Å².